The first-order chi connectivity index (χ1) is 10.9. The molecule has 0 aliphatic carbocycles. The number of benzene rings is 2. The van der Waals surface area contributed by atoms with E-state index in [-0.39, 0.29) is 10.6 Å². The average molecular weight is 457 g/mol. The highest BCUT2D eigenvalue weighted by Gasteiger charge is 2.23. The summed E-state index contributed by atoms with van der Waals surface area (Å²) in [4.78, 5) is 4.39. The molecule has 0 atom stereocenters. The second kappa shape index (κ2) is 6.22. The molecular formula is C16H11Br2NO3S. The summed E-state index contributed by atoms with van der Waals surface area (Å²) in [6.07, 6.45) is 1.59. The molecule has 0 fully saturated rings. The molecule has 23 heavy (non-hydrogen) atoms. The minimum absolute atomic E-state index is 0.138. The van der Waals surface area contributed by atoms with Crippen molar-refractivity contribution < 1.29 is 12.6 Å². The van der Waals surface area contributed by atoms with Crippen LogP contribution < -0.4 is 4.18 Å². The SMILES string of the molecule is Cc1ccccc1S(=O)(=O)Oc1c(Br)cc(Br)c2cccnc12. The molecule has 0 saturated carbocycles. The third-order valence-electron chi connectivity index (χ3n) is 3.31. The van der Waals surface area contributed by atoms with Gasteiger partial charge in [0, 0.05) is 16.1 Å². The van der Waals surface area contributed by atoms with Crippen LogP contribution in [0.2, 0.25) is 0 Å². The lowest BCUT2D eigenvalue weighted by Gasteiger charge is -2.13. The Morgan fingerprint density at radius 3 is 2.52 bits per heavy atom. The molecular weight excluding hydrogens is 446 g/mol. The molecule has 0 saturated heterocycles. The Morgan fingerprint density at radius 1 is 1.04 bits per heavy atom. The van der Waals surface area contributed by atoms with Gasteiger partial charge in [0.2, 0.25) is 0 Å². The number of nitrogens with zero attached hydrogens (tertiary/aromatic N) is 1. The quantitative estimate of drug-likeness (QED) is 0.529. The van der Waals surface area contributed by atoms with Crippen molar-refractivity contribution in [3.8, 4) is 5.75 Å². The topological polar surface area (TPSA) is 56.3 Å². The number of fused-ring (bicyclic) bond motifs is 1. The van der Waals surface area contributed by atoms with Gasteiger partial charge in [-0.15, -0.1) is 0 Å². The van der Waals surface area contributed by atoms with Crippen LogP contribution in [-0.4, -0.2) is 13.4 Å². The molecule has 2 aromatic carbocycles. The molecule has 0 radical (unpaired) electrons. The molecule has 0 amide bonds. The molecule has 0 aliphatic heterocycles. The number of aryl methyl sites for hydroxylation is 1. The number of hydrogen-bond acceptors (Lipinski definition) is 4. The first kappa shape index (κ1) is 16.4. The lowest BCUT2D eigenvalue weighted by Crippen LogP contribution is -2.12. The van der Waals surface area contributed by atoms with Crippen molar-refractivity contribution in [2.24, 2.45) is 0 Å². The van der Waals surface area contributed by atoms with Crippen LogP contribution in [0.4, 0.5) is 0 Å². The average Bonchev–Trinajstić information content (AvgIpc) is 2.52. The highest BCUT2D eigenvalue weighted by Crippen LogP contribution is 2.38. The van der Waals surface area contributed by atoms with Crippen molar-refractivity contribution in [2.45, 2.75) is 11.8 Å². The van der Waals surface area contributed by atoms with Crippen LogP contribution in [0.3, 0.4) is 0 Å². The monoisotopic (exact) mass is 455 g/mol. The summed E-state index contributed by atoms with van der Waals surface area (Å²) in [5.41, 5.74) is 1.09. The third-order valence-corrected chi connectivity index (χ3v) is 5.93. The first-order valence-electron chi connectivity index (χ1n) is 6.63. The zero-order valence-electron chi connectivity index (χ0n) is 12.0. The molecule has 4 nitrogen and oxygen atoms in total. The van der Waals surface area contributed by atoms with Crippen LogP contribution >= 0.6 is 31.9 Å². The molecule has 1 heterocycles. The Balaban J connectivity index is 2.18. The molecule has 0 spiro atoms. The summed E-state index contributed by atoms with van der Waals surface area (Å²) in [6.45, 7) is 1.73. The van der Waals surface area contributed by atoms with Crippen LogP contribution in [0.15, 0.2) is 62.5 Å². The Bertz CT molecular complexity index is 1000. The van der Waals surface area contributed by atoms with Crippen molar-refractivity contribution in [3.63, 3.8) is 0 Å². The Kier molecular flexibility index (Phi) is 4.44. The van der Waals surface area contributed by atoms with Gasteiger partial charge in [-0.2, -0.15) is 8.42 Å². The van der Waals surface area contributed by atoms with E-state index >= 15 is 0 Å². The fourth-order valence-electron chi connectivity index (χ4n) is 2.22. The van der Waals surface area contributed by atoms with E-state index in [1.54, 1.807) is 43.5 Å². The predicted molar refractivity (Wildman–Crippen MR) is 96.1 cm³/mol. The maximum Gasteiger partial charge on any atom is 0.339 e. The zero-order valence-corrected chi connectivity index (χ0v) is 15.9. The van der Waals surface area contributed by atoms with E-state index in [0.29, 0.717) is 15.6 Å². The van der Waals surface area contributed by atoms with Crippen LogP contribution in [0.1, 0.15) is 5.56 Å². The van der Waals surface area contributed by atoms with E-state index in [2.05, 4.69) is 36.8 Å². The molecule has 0 bridgehead atoms. The van der Waals surface area contributed by atoms with E-state index in [4.69, 9.17) is 4.18 Å². The van der Waals surface area contributed by atoms with Crippen LogP contribution in [-0.2, 0) is 10.1 Å². The predicted octanol–water partition coefficient (Wildman–Crippen LogP) is 4.84. The summed E-state index contributed by atoms with van der Waals surface area (Å²) in [5.74, 6) is 0.173. The summed E-state index contributed by atoms with van der Waals surface area (Å²) >= 11 is 6.80. The van der Waals surface area contributed by atoms with Gasteiger partial charge in [0.1, 0.15) is 10.4 Å². The maximum atomic E-state index is 12.6. The van der Waals surface area contributed by atoms with E-state index in [1.807, 2.05) is 6.07 Å². The van der Waals surface area contributed by atoms with E-state index in [0.717, 1.165) is 9.86 Å². The van der Waals surface area contributed by atoms with Gasteiger partial charge in [-0.3, -0.25) is 4.98 Å². The molecule has 1 aromatic heterocycles. The number of aromatic nitrogens is 1. The number of rotatable bonds is 3. The summed E-state index contributed by atoms with van der Waals surface area (Å²) < 4.78 is 32.0. The molecule has 7 heteroatoms. The van der Waals surface area contributed by atoms with Gasteiger partial charge < -0.3 is 4.18 Å². The van der Waals surface area contributed by atoms with Gasteiger partial charge in [0.15, 0.2) is 5.75 Å². The van der Waals surface area contributed by atoms with Crippen molar-refractivity contribution in [2.75, 3.05) is 0 Å². The van der Waals surface area contributed by atoms with E-state index < -0.39 is 10.1 Å². The Morgan fingerprint density at radius 2 is 1.78 bits per heavy atom. The van der Waals surface area contributed by atoms with Crippen LogP contribution in [0, 0.1) is 6.92 Å². The standard InChI is InChI=1S/C16H11Br2NO3S/c1-10-5-2-3-7-14(10)23(20,21)22-16-13(18)9-12(17)11-6-4-8-19-15(11)16/h2-9H,1H3. The van der Waals surface area contributed by atoms with Gasteiger partial charge in [-0.05, 0) is 46.6 Å². The van der Waals surface area contributed by atoms with Gasteiger partial charge in [-0.25, -0.2) is 0 Å². The van der Waals surface area contributed by atoms with Crippen molar-refractivity contribution in [1.82, 2.24) is 4.98 Å². The summed E-state index contributed by atoms with van der Waals surface area (Å²) in [6, 6.07) is 12.0. The highest BCUT2D eigenvalue weighted by atomic mass is 79.9. The molecule has 0 aliphatic rings. The van der Waals surface area contributed by atoms with Gasteiger partial charge in [-0.1, -0.05) is 40.2 Å². The largest absolute Gasteiger partial charge is 0.375 e. The van der Waals surface area contributed by atoms with Gasteiger partial charge in [0.25, 0.3) is 0 Å². The number of hydrogen-bond donors (Lipinski definition) is 0. The zero-order chi connectivity index (χ0) is 16.6. The van der Waals surface area contributed by atoms with Gasteiger partial charge >= 0.3 is 10.1 Å². The van der Waals surface area contributed by atoms with Crippen molar-refractivity contribution in [3.05, 3.63) is 63.2 Å². The summed E-state index contributed by atoms with van der Waals surface area (Å²) in [7, 11) is -3.96. The van der Waals surface area contributed by atoms with Crippen molar-refractivity contribution in [1.29, 1.82) is 0 Å². The molecule has 3 rings (SSSR count). The fraction of sp³-hybridized carbons (Fsp3) is 0.0625. The lowest BCUT2D eigenvalue weighted by molar-refractivity contribution is 0.486. The smallest absolute Gasteiger partial charge is 0.339 e. The van der Waals surface area contributed by atoms with Crippen LogP contribution in [0.25, 0.3) is 10.9 Å². The minimum atomic E-state index is -3.96. The summed E-state index contributed by atoms with van der Waals surface area (Å²) in [5, 5.41) is 0.769. The second-order valence-electron chi connectivity index (χ2n) is 4.87. The molecule has 0 N–H and O–H groups in total. The molecule has 118 valence electrons. The molecule has 0 unspecified atom stereocenters. The van der Waals surface area contributed by atoms with Gasteiger partial charge in [0.05, 0.1) is 4.47 Å². The fourth-order valence-corrected chi connectivity index (χ4v) is 4.86. The normalized spacial score (nSPS) is 11.6. The maximum absolute atomic E-state index is 12.6. The minimum Gasteiger partial charge on any atom is -0.375 e. The van der Waals surface area contributed by atoms with E-state index in [1.165, 1.54) is 6.07 Å². The van der Waals surface area contributed by atoms with Crippen molar-refractivity contribution >= 4 is 52.9 Å². The molecule has 3 aromatic rings. The number of pyridine rings is 1. The first-order valence-corrected chi connectivity index (χ1v) is 9.62. The van der Waals surface area contributed by atoms with Crippen LogP contribution in [0.5, 0.6) is 5.75 Å². The highest BCUT2D eigenvalue weighted by molar-refractivity contribution is 9.11. The third kappa shape index (κ3) is 3.13. The second-order valence-corrected chi connectivity index (χ2v) is 8.10. The van der Waals surface area contributed by atoms with E-state index in [9.17, 15) is 8.42 Å². The number of halogens is 2. The lowest BCUT2D eigenvalue weighted by atomic mass is 10.2. The Hall–Kier alpha value is -1.44. The Labute approximate surface area is 150 Å².